The summed E-state index contributed by atoms with van der Waals surface area (Å²) in [6.45, 7) is 1.21. The van der Waals surface area contributed by atoms with Crippen LogP contribution in [0.3, 0.4) is 0 Å². The fourth-order valence-corrected chi connectivity index (χ4v) is 4.07. The second kappa shape index (κ2) is 10.4. The lowest BCUT2D eigenvalue weighted by atomic mass is 9.94. The van der Waals surface area contributed by atoms with Crippen molar-refractivity contribution in [1.82, 2.24) is 4.90 Å². The molecule has 0 spiro atoms. The molecule has 1 aliphatic heterocycles. The van der Waals surface area contributed by atoms with Gasteiger partial charge in [-0.1, -0.05) is 18.2 Å². The minimum atomic E-state index is -0.772. The first kappa shape index (κ1) is 24.1. The van der Waals surface area contributed by atoms with Crippen LogP contribution in [-0.2, 0) is 9.59 Å². The van der Waals surface area contributed by atoms with Crippen LogP contribution < -0.4 is 19.1 Å². The maximum absolute atomic E-state index is 13.2. The molecule has 3 rings (SSSR count). The fraction of sp³-hybridized carbons (Fsp3) is 0.360. The number of carbonyl (C=O) groups is 2. The van der Waals surface area contributed by atoms with E-state index in [0.29, 0.717) is 41.3 Å². The molecule has 2 aromatic rings. The molecule has 0 aliphatic carbocycles. The van der Waals surface area contributed by atoms with Crippen molar-refractivity contribution in [3.63, 3.8) is 0 Å². The van der Waals surface area contributed by atoms with Gasteiger partial charge in [0, 0.05) is 24.1 Å². The number of para-hydroxylation sites is 1. The minimum absolute atomic E-state index is 0.0221. The van der Waals surface area contributed by atoms with Crippen LogP contribution in [0.15, 0.2) is 48.0 Å². The third-order valence-corrected chi connectivity index (χ3v) is 5.71. The van der Waals surface area contributed by atoms with E-state index >= 15 is 0 Å². The van der Waals surface area contributed by atoms with E-state index in [2.05, 4.69) is 0 Å². The van der Waals surface area contributed by atoms with Gasteiger partial charge in [-0.15, -0.1) is 0 Å². The lowest BCUT2D eigenvalue weighted by Crippen LogP contribution is -3.05. The van der Waals surface area contributed by atoms with E-state index in [0.717, 1.165) is 6.54 Å². The molecule has 1 atom stereocenters. The summed E-state index contributed by atoms with van der Waals surface area (Å²) in [4.78, 5) is 29.0. The van der Waals surface area contributed by atoms with Crippen molar-refractivity contribution in [3.8, 4) is 17.2 Å². The molecule has 1 heterocycles. The van der Waals surface area contributed by atoms with Crippen LogP contribution in [0.2, 0.25) is 0 Å². The van der Waals surface area contributed by atoms with Crippen molar-refractivity contribution < 1.29 is 33.8 Å². The van der Waals surface area contributed by atoms with Crippen LogP contribution in [0, 0.1) is 0 Å². The number of Topliss-reactive ketones (excluding diaryl/α,β-unsaturated/α-hetero) is 1. The van der Waals surface area contributed by atoms with Crippen molar-refractivity contribution in [3.05, 3.63) is 59.2 Å². The number of likely N-dealkylation sites (tertiary alicyclic amines) is 1. The van der Waals surface area contributed by atoms with Gasteiger partial charge in [0.2, 0.25) is 0 Å². The Labute approximate surface area is 194 Å². The van der Waals surface area contributed by atoms with Gasteiger partial charge in [0.25, 0.3) is 11.7 Å². The van der Waals surface area contributed by atoms with E-state index < -0.39 is 17.7 Å². The van der Waals surface area contributed by atoms with Gasteiger partial charge in [-0.25, -0.2) is 0 Å². The monoisotopic (exact) mass is 455 g/mol. The van der Waals surface area contributed by atoms with Crippen LogP contribution in [-0.4, -0.2) is 70.2 Å². The Kier molecular flexibility index (Phi) is 7.60. The lowest BCUT2D eigenvalue weighted by molar-refractivity contribution is -0.858. The molecule has 0 aromatic heterocycles. The zero-order valence-electron chi connectivity index (χ0n) is 19.7. The lowest BCUT2D eigenvalue weighted by Gasteiger charge is -2.26. The van der Waals surface area contributed by atoms with Crippen LogP contribution in [0.1, 0.15) is 23.6 Å². The van der Waals surface area contributed by atoms with Crippen molar-refractivity contribution in [2.45, 2.75) is 12.5 Å². The van der Waals surface area contributed by atoms with E-state index in [4.69, 9.17) is 14.2 Å². The van der Waals surface area contributed by atoms with Gasteiger partial charge in [-0.05, 0) is 24.3 Å². The largest absolute Gasteiger partial charge is 0.507 e. The number of hydrogen-bond acceptors (Lipinski definition) is 6. The molecule has 0 radical (unpaired) electrons. The smallest absolute Gasteiger partial charge is 0.295 e. The number of amides is 1. The van der Waals surface area contributed by atoms with Gasteiger partial charge < -0.3 is 29.1 Å². The van der Waals surface area contributed by atoms with E-state index in [-0.39, 0.29) is 11.3 Å². The molecular weight excluding hydrogens is 424 g/mol. The first-order valence-corrected chi connectivity index (χ1v) is 10.8. The number of nitrogens with zero attached hydrogens (tertiary/aromatic N) is 1. The summed E-state index contributed by atoms with van der Waals surface area (Å²) in [5, 5.41) is 11.3. The number of aliphatic hydroxyl groups is 1. The molecule has 1 fully saturated rings. The Morgan fingerprint density at radius 2 is 1.64 bits per heavy atom. The summed E-state index contributed by atoms with van der Waals surface area (Å²) in [6, 6.07) is 11.3. The third-order valence-electron chi connectivity index (χ3n) is 5.71. The van der Waals surface area contributed by atoms with Crippen molar-refractivity contribution in [2.24, 2.45) is 0 Å². The number of ether oxygens (including phenoxy) is 3. The maximum Gasteiger partial charge on any atom is 0.295 e. The van der Waals surface area contributed by atoms with Crippen LogP contribution >= 0.6 is 0 Å². The average Bonchev–Trinajstić information content (AvgIpc) is 3.07. The number of ketones is 1. The molecule has 8 heteroatoms. The Morgan fingerprint density at radius 3 is 2.27 bits per heavy atom. The maximum atomic E-state index is 13.2. The van der Waals surface area contributed by atoms with Gasteiger partial charge in [0.15, 0.2) is 11.5 Å². The minimum Gasteiger partial charge on any atom is -0.507 e. The second-order valence-electron chi connectivity index (χ2n) is 8.11. The highest BCUT2D eigenvalue weighted by molar-refractivity contribution is 6.46. The van der Waals surface area contributed by atoms with E-state index in [1.165, 1.54) is 31.1 Å². The first-order chi connectivity index (χ1) is 15.8. The molecule has 176 valence electrons. The molecule has 0 unspecified atom stereocenters. The number of benzene rings is 2. The first-order valence-electron chi connectivity index (χ1n) is 10.8. The van der Waals surface area contributed by atoms with E-state index in [1.54, 1.807) is 24.3 Å². The van der Waals surface area contributed by atoms with Gasteiger partial charge in [0.1, 0.15) is 11.5 Å². The summed E-state index contributed by atoms with van der Waals surface area (Å²) < 4.78 is 16.1. The Hall–Kier alpha value is -3.52. The van der Waals surface area contributed by atoms with E-state index in [9.17, 15) is 14.7 Å². The average molecular weight is 456 g/mol. The van der Waals surface area contributed by atoms with Crippen molar-refractivity contribution in [1.29, 1.82) is 0 Å². The zero-order valence-corrected chi connectivity index (χ0v) is 19.7. The Bertz CT molecular complexity index is 1060. The number of quaternary nitrogens is 1. The third kappa shape index (κ3) is 4.80. The number of nitrogens with one attached hydrogen (secondary N) is 1. The predicted molar refractivity (Wildman–Crippen MR) is 124 cm³/mol. The highest BCUT2D eigenvalue weighted by Gasteiger charge is 2.46. The number of methoxy groups -OCH3 is 3. The molecular formula is C25H31N2O6+. The Balaban J connectivity index is 2.16. The summed E-state index contributed by atoms with van der Waals surface area (Å²) in [5.41, 5.74) is 1.01. The second-order valence-corrected chi connectivity index (χ2v) is 8.11. The Morgan fingerprint density at radius 1 is 0.970 bits per heavy atom. The summed E-state index contributed by atoms with van der Waals surface area (Å²) in [5.74, 6) is -0.214. The topological polar surface area (TPSA) is 89.7 Å². The molecule has 33 heavy (non-hydrogen) atoms. The summed E-state index contributed by atoms with van der Waals surface area (Å²) in [6.07, 6.45) is 0.706. The molecule has 8 nitrogen and oxygen atoms in total. The molecule has 0 bridgehead atoms. The zero-order chi connectivity index (χ0) is 24.1. The van der Waals surface area contributed by atoms with Gasteiger partial charge in [-0.3, -0.25) is 9.59 Å². The highest BCUT2D eigenvalue weighted by atomic mass is 16.5. The fourth-order valence-electron chi connectivity index (χ4n) is 4.07. The molecule has 1 amide bonds. The summed E-state index contributed by atoms with van der Waals surface area (Å²) >= 11 is 0. The van der Waals surface area contributed by atoms with Gasteiger partial charge in [-0.2, -0.15) is 0 Å². The standard InChI is InChI=1S/C25H30N2O6/c1-26(2)13-8-14-27-22(17-9-6-7-10-18(17)31-3)21(24(29)25(27)30)23(28)16-11-12-19(32-4)20(15-16)33-5/h6-7,9-12,15,22,28H,8,13-14H2,1-5H3/p+1/t22-/m0/s1. The predicted octanol–water partition coefficient (Wildman–Crippen LogP) is 1.67. The van der Waals surface area contributed by atoms with Crippen LogP contribution in [0.4, 0.5) is 0 Å². The normalized spacial score (nSPS) is 17.5. The SMILES string of the molecule is COc1ccc(C(O)=C2C(=O)C(=O)N(CCC[NH+](C)C)[C@H]2c2ccccc2OC)cc1OC. The van der Waals surface area contributed by atoms with Crippen LogP contribution in [0.25, 0.3) is 5.76 Å². The van der Waals surface area contributed by atoms with Crippen LogP contribution in [0.5, 0.6) is 17.2 Å². The summed E-state index contributed by atoms with van der Waals surface area (Å²) in [7, 11) is 8.60. The number of carbonyl (C=O) groups excluding carboxylic acids is 2. The molecule has 2 aromatic carbocycles. The van der Waals surface area contributed by atoms with Gasteiger partial charge >= 0.3 is 0 Å². The molecule has 0 saturated carbocycles. The molecule has 2 N–H and O–H groups in total. The molecule has 1 saturated heterocycles. The highest BCUT2D eigenvalue weighted by Crippen LogP contribution is 2.43. The number of aliphatic hydroxyl groups excluding tert-OH is 1. The van der Waals surface area contributed by atoms with Gasteiger partial charge in [0.05, 0.1) is 53.6 Å². The number of rotatable bonds is 9. The molecule has 1 aliphatic rings. The van der Waals surface area contributed by atoms with Crippen molar-refractivity contribution >= 4 is 17.4 Å². The number of hydrogen-bond donors (Lipinski definition) is 2. The van der Waals surface area contributed by atoms with E-state index in [1.807, 2.05) is 32.3 Å². The quantitative estimate of drug-likeness (QED) is 0.340. The van der Waals surface area contributed by atoms with Crippen molar-refractivity contribution in [2.75, 3.05) is 48.5 Å².